The second-order valence-electron chi connectivity index (χ2n) is 6.87. The Bertz CT molecular complexity index is 223. The van der Waals surface area contributed by atoms with Crippen molar-refractivity contribution in [3.8, 4) is 0 Å². The van der Waals surface area contributed by atoms with Crippen molar-refractivity contribution in [2.45, 2.75) is 78.9 Å². The minimum absolute atomic E-state index is 0.463. The molecule has 1 saturated carbocycles. The van der Waals surface area contributed by atoms with E-state index < -0.39 is 0 Å². The van der Waals surface area contributed by atoms with Crippen LogP contribution in [0.2, 0.25) is 0 Å². The van der Waals surface area contributed by atoms with Gasteiger partial charge in [0.1, 0.15) is 0 Å². The molecule has 1 aliphatic carbocycles. The Morgan fingerprint density at radius 3 is 2.44 bits per heavy atom. The molecule has 0 amide bonds. The molecule has 1 aliphatic rings. The van der Waals surface area contributed by atoms with Crippen LogP contribution < -0.4 is 5.32 Å². The predicted molar refractivity (Wildman–Crippen MR) is 78.9 cm³/mol. The van der Waals surface area contributed by atoms with Gasteiger partial charge in [-0.15, -0.1) is 0 Å². The molecular formula is C16H33NO. The molecule has 2 heteroatoms. The van der Waals surface area contributed by atoms with E-state index in [1.807, 2.05) is 0 Å². The molecule has 1 fully saturated rings. The molecule has 1 N–H and O–H groups in total. The van der Waals surface area contributed by atoms with Gasteiger partial charge < -0.3 is 10.1 Å². The summed E-state index contributed by atoms with van der Waals surface area (Å²) in [4.78, 5) is 0. The fourth-order valence-corrected chi connectivity index (χ4v) is 3.45. The van der Waals surface area contributed by atoms with E-state index in [0.717, 1.165) is 19.1 Å². The molecule has 0 bridgehead atoms. The molecule has 0 spiro atoms. The Balaban J connectivity index is 2.19. The second-order valence-corrected chi connectivity index (χ2v) is 6.87. The zero-order chi connectivity index (χ0) is 13.6. The van der Waals surface area contributed by atoms with E-state index in [1.165, 1.54) is 32.1 Å². The van der Waals surface area contributed by atoms with Gasteiger partial charge in [0.25, 0.3) is 0 Å². The van der Waals surface area contributed by atoms with Crippen molar-refractivity contribution < 1.29 is 4.74 Å². The third-order valence-corrected chi connectivity index (χ3v) is 4.22. The third kappa shape index (κ3) is 5.71. The van der Waals surface area contributed by atoms with E-state index in [9.17, 15) is 0 Å². The average Bonchev–Trinajstić information content (AvgIpc) is 2.26. The molecule has 0 aliphatic heterocycles. The summed E-state index contributed by atoms with van der Waals surface area (Å²) in [6, 6.07) is 0.662. The largest absolute Gasteiger partial charge is 0.377 e. The number of ether oxygens (including phenoxy) is 1. The number of hydrogen-bond donors (Lipinski definition) is 1. The van der Waals surface area contributed by atoms with E-state index >= 15 is 0 Å². The predicted octanol–water partition coefficient (Wildman–Crippen LogP) is 4.00. The summed E-state index contributed by atoms with van der Waals surface area (Å²) in [5.74, 6) is 0.811. The van der Waals surface area contributed by atoms with Crippen LogP contribution in [0.15, 0.2) is 0 Å². The molecule has 0 radical (unpaired) electrons. The Hall–Kier alpha value is -0.0800. The fraction of sp³-hybridized carbons (Fsp3) is 1.00. The van der Waals surface area contributed by atoms with E-state index in [-0.39, 0.29) is 0 Å². The number of rotatable bonds is 7. The van der Waals surface area contributed by atoms with Gasteiger partial charge in [-0.25, -0.2) is 0 Å². The van der Waals surface area contributed by atoms with E-state index in [4.69, 9.17) is 4.74 Å². The lowest BCUT2D eigenvalue weighted by atomic mass is 9.71. The molecule has 2 nitrogen and oxygen atoms in total. The van der Waals surface area contributed by atoms with Crippen molar-refractivity contribution in [1.82, 2.24) is 5.32 Å². The van der Waals surface area contributed by atoms with Crippen LogP contribution in [-0.4, -0.2) is 25.3 Å². The maximum absolute atomic E-state index is 6.07. The highest BCUT2D eigenvalue weighted by Crippen LogP contribution is 2.39. The Morgan fingerprint density at radius 2 is 1.89 bits per heavy atom. The highest BCUT2D eigenvalue weighted by atomic mass is 16.5. The molecule has 0 saturated heterocycles. The molecule has 2 atom stereocenters. The van der Waals surface area contributed by atoms with E-state index in [1.54, 1.807) is 0 Å². The van der Waals surface area contributed by atoms with Gasteiger partial charge >= 0.3 is 0 Å². The molecule has 0 aromatic heterocycles. The maximum atomic E-state index is 6.07. The van der Waals surface area contributed by atoms with Gasteiger partial charge in [-0.2, -0.15) is 0 Å². The SMILES string of the molecule is CCC(CC)NCCOC1CC(C)CC(C)(C)C1. The van der Waals surface area contributed by atoms with Gasteiger partial charge in [-0.1, -0.05) is 34.6 Å². The first-order chi connectivity index (χ1) is 8.46. The van der Waals surface area contributed by atoms with Crippen LogP contribution in [0.4, 0.5) is 0 Å². The van der Waals surface area contributed by atoms with Crippen LogP contribution >= 0.6 is 0 Å². The van der Waals surface area contributed by atoms with Crippen LogP contribution in [0.3, 0.4) is 0 Å². The van der Waals surface area contributed by atoms with Crippen LogP contribution in [0, 0.1) is 11.3 Å². The summed E-state index contributed by atoms with van der Waals surface area (Å²) in [5.41, 5.74) is 0.463. The lowest BCUT2D eigenvalue weighted by molar-refractivity contribution is -0.0218. The van der Waals surface area contributed by atoms with Crippen molar-refractivity contribution in [3.05, 3.63) is 0 Å². The van der Waals surface area contributed by atoms with Crippen molar-refractivity contribution in [2.24, 2.45) is 11.3 Å². The van der Waals surface area contributed by atoms with Gasteiger partial charge in [0.15, 0.2) is 0 Å². The summed E-state index contributed by atoms with van der Waals surface area (Å²) in [5, 5.41) is 3.57. The highest BCUT2D eigenvalue weighted by Gasteiger charge is 2.32. The van der Waals surface area contributed by atoms with Crippen molar-refractivity contribution in [3.63, 3.8) is 0 Å². The topological polar surface area (TPSA) is 21.3 Å². The highest BCUT2D eigenvalue weighted by molar-refractivity contribution is 4.83. The zero-order valence-electron chi connectivity index (χ0n) is 13.1. The smallest absolute Gasteiger partial charge is 0.0594 e. The van der Waals surface area contributed by atoms with Crippen LogP contribution in [0.1, 0.15) is 66.7 Å². The summed E-state index contributed by atoms with van der Waals surface area (Å²) in [6.45, 7) is 13.5. The summed E-state index contributed by atoms with van der Waals surface area (Å²) >= 11 is 0. The minimum atomic E-state index is 0.463. The molecule has 1 rings (SSSR count). The molecule has 18 heavy (non-hydrogen) atoms. The van der Waals surface area contributed by atoms with E-state index in [2.05, 4.69) is 39.9 Å². The van der Waals surface area contributed by atoms with Gasteiger partial charge in [-0.05, 0) is 43.4 Å². The van der Waals surface area contributed by atoms with Gasteiger partial charge in [0.2, 0.25) is 0 Å². The van der Waals surface area contributed by atoms with Crippen LogP contribution in [0.5, 0.6) is 0 Å². The monoisotopic (exact) mass is 255 g/mol. The number of hydrogen-bond acceptors (Lipinski definition) is 2. The second kappa shape index (κ2) is 7.49. The van der Waals surface area contributed by atoms with Gasteiger partial charge in [0.05, 0.1) is 12.7 Å². The van der Waals surface area contributed by atoms with Crippen LogP contribution in [0.25, 0.3) is 0 Å². The first-order valence-electron chi connectivity index (χ1n) is 7.81. The third-order valence-electron chi connectivity index (χ3n) is 4.22. The molecular weight excluding hydrogens is 222 g/mol. The van der Waals surface area contributed by atoms with Crippen LogP contribution in [-0.2, 0) is 4.74 Å². The van der Waals surface area contributed by atoms with E-state index in [0.29, 0.717) is 17.6 Å². The first kappa shape index (κ1) is 16.0. The Morgan fingerprint density at radius 1 is 1.22 bits per heavy atom. The lowest BCUT2D eigenvalue weighted by Crippen LogP contribution is -2.35. The molecule has 0 aromatic carbocycles. The van der Waals surface area contributed by atoms with Gasteiger partial charge in [-0.3, -0.25) is 0 Å². The standard InChI is InChI=1S/C16H33NO/c1-6-14(7-2)17-8-9-18-15-10-13(3)11-16(4,5)12-15/h13-15,17H,6-12H2,1-5H3. The zero-order valence-corrected chi connectivity index (χ0v) is 13.1. The van der Waals surface area contributed by atoms with Gasteiger partial charge in [0, 0.05) is 12.6 Å². The van der Waals surface area contributed by atoms with Crippen molar-refractivity contribution in [1.29, 1.82) is 0 Å². The Kier molecular flexibility index (Phi) is 6.65. The normalized spacial score (nSPS) is 27.7. The van der Waals surface area contributed by atoms with Crippen molar-refractivity contribution in [2.75, 3.05) is 13.2 Å². The maximum Gasteiger partial charge on any atom is 0.0594 e. The molecule has 108 valence electrons. The summed E-state index contributed by atoms with van der Waals surface area (Å²) in [7, 11) is 0. The summed E-state index contributed by atoms with van der Waals surface area (Å²) in [6.07, 6.45) is 6.72. The molecule has 2 unspecified atom stereocenters. The first-order valence-corrected chi connectivity index (χ1v) is 7.81. The van der Waals surface area contributed by atoms with Crippen molar-refractivity contribution >= 4 is 0 Å². The Labute approximate surface area is 114 Å². The fourth-order valence-electron chi connectivity index (χ4n) is 3.45. The molecule has 0 heterocycles. The quantitative estimate of drug-likeness (QED) is 0.694. The molecule has 0 aromatic rings. The summed E-state index contributed by atoms with van der Waals surface area (Å²) < 4.78 is 6.07. The lowest BCUT2D eigenvalue weighted by Gasteiger charge is -2.38. The number of nitrogens with one attached hydrogen (secondary N) is 1. The minimum Gasteiger partial charge on any atom is -0.377 e. The average molecular weight is 255 g/mol.